The molecule has 2 heterocycles. The summed E-state index contributed by atoms with van der Waals surface area (Å²) in [6.07, 6.45) is -0.208. The van der Waals surface area contributed by atoms with Crippen LogP contribution in [0, 0.1) is 49.4 Å². The second-order valence-corrected chi connectivity index (χ2v) is 12.7. The maximum Gasteiger partial charge on any atom is 0.306 e. The lowest BCUT2D eigenvalue weighted by Gasteiger charge is -2.52. The molecule has 1 N–H and O–H groups in total. The normalized spacial score (nSPS) is 27.7. The maximum absolute atomic E-state index is 13.6. The SMILES string of the molecule is CCc1oc([C@@H](C)[C@H]2O[C@@](O)([C@H](C)C(=O)[C@H](C)C(=O)[C@@H](C)CC)[C@H](C)[C@H](OC(=O)CC(C)C)[C@H]2C)c(C)c(=O)c1C. The predicted octanol–water partition coefficient (Wildman–Crippen LogP) is 5.70. The van der Waals surface area contributed by atoms with Gasteiger partial charge in [-0.25, -0.2) is 0 Å². The number of aryl methyl sites for hydroxylation is 1. The van der Waals surface area contributed by atoms with Gasteiger partial charge in [0.25, 0.3) is 0 Å². The van der Waals surface area contributed by atoms with E-state index in [4.69, 9.17) is 13.9 Å². The van der Waals surface area contributed by atoms with Crippen LogP contribution in [0.15, 0.2) is 9.21 Å². The number of ether oxygens (including phenoxy) is 2. The highest BCUT2D eigenvalue weighted by Crippen LogP contribution is 2.47. The molecule has 1 saturated heterocycles. The molecule has 232 valence electrons. The van der Waals surface area contributed by atoms with Crippen molar-refractivity contribution in [3.63, 3.8) is 0 Å². The van der Waals surface area contributed by atoms with Gasteiger partial charge in [-0.1, -0.05) is 62.3 Å². The second kappa shape index (κ2) is 13.8. The fourth-order valence-electron chi connectivity index (χ4n) is 6.18. The molecule has 0 aliphatic carbocycles. The minimum Gasteiger partial charge on any atom is -0.465 e. The monoisotopic (exact) mass is 576 g/mol. The Balaban J connectivity index is 2.62. The molecule has 8 heteroatoms. The largest absolute Gasteiger partial charge is 0.465 e. The molecule has 8 nitrogen and oxygen atoms in total. The Morgan fingerprint density at radius 2 is 1.56 bits per heavy atom. The molecule has 0 bridgehead atoms. The predicted molar refractivity (Wildman–Crippen MR) is 158 cm³/mol. The van der Waals surface area contributed by atoms with E-state index in [-0.39, 0.29) is 29.5 Å². The molecular weight excluding hydrogens is 524 g/mol. The minimum absolute atomic E-state index is 0.0754. The van der Waals surface area contributed by atoms with Crippen molar-refractivity contribution < 1.29 is 33.4 Å². The first-order chi connectivity index (χ1) is 18.9. The molecule has 1 aromatic heterocycles. The van der Waals surface area contributed by atoms with Crippen molar-refractivity contribution in [3.05, 3.63) is 32.9 Å². The van der Waals surface area contributed by atoms with Crippen molar-refractivity contribution in [1.29, 1.82) is 0 Å². The van der Waals surface area contributed by atoms with E-state index in [1.165, 1.54) is 0 Å². The molecule has 1 aliphatic rings. The Morgan fingerprint density at radius 1 is 0.976 bits per heavy atom. The second-order valence-electron chi connectivity index (χ2n) is 12.7. The molecule has 0 aromatic carbocycles. The molecule has 0 unspecified atom stereocenters. The third-order valence-corrected chi connectivity index (χ3v) is 9.28. The molecule has 0 saturated carbocycles. The third kappa shape index (κ3) is 7.02. The van der Waals surface area contributed by atoms with Gasteiger partial charge in [0.2, 0.25) is 0 Å². The van der Waals surface area contributed by atoms with Crippen molar-refractivity contribution in [2.45, 2.75) is 126 Å². The first kappa shape index (κ1) is 34.9. The molecule has 1 fully saturated rings. The molecular formula is C33H52O8. The Hall–Kier alpha value is -2.32. The van der Waals surface area contributed by atoms with Crippen molar-refractivity contribution in [2.24, 2.45) is 35.5 Å². The Kier molecular flexibility index (Phi) is 11.7. The Morgan fingerprint density at radius 3 is 2.07 bits per heavy atom. The lowest BCUT2D eigenvalue weighted by molar-refractivity contribution is -0.336. The average Bonchev–Trinajstić information content (AvgIpc) is 2.93. The van der Waals surface area contributed by atoms with Gasteiger partial charge in [0.1, 0.15) is 23.4 Å². The van der Waals surface area contributed by atoms with Crippen LogP contribution < -0.4 is 5.43 Å². The summed E-state index contributed by atoms with van der Waals surface area (Å²) in [7, 11) is 0. The van der Waals surface area contributed by atoms with Crippen LogP contribution in [0.25, 0.3) is 0 Å². The number of carbonyl (C=O) groups excluding carboxylic acids is 3. The molecule has 1 aromatic rings. The molecule has 0 radical (unpaired) electrons. The van der Waals surface area contributed by atoms with Crippen molar-refractivity contribution in [1.82, 2.24) is 0 Å². The zero-order chi connectivity index (χ0) is 31.6. The first-order valence-corrected chi connectivity index (χ1v) is 15.2. The number of ketones is 2. The van der Waals surface area contributed by atoms with Gasteiger partial charge >= 0.3 is 5.97 Å². The summed E-state index contributed by atoms with van der Waals surface area (Å²) in [5, 5.41) is 12.2. The van der Waals surface area contributed by atoms with Crippen LogP contribution in [0.1, 0.15) is 111 Å². The van der Waals surface area contributed by atoms with Crippen LogP contribution in [0.2, 0.25) is 0 Å². The maximum atomic E-state index is 13.6. The van der Waals surface area contributed by atoms with E-state index in [9.17, 15) is 24.3 Å². The van der Waals surface area contributed by atoms with E-state index in [2.05, 4.69) is 0 Å². The quantitative estimate of drug-likeness (QED) is 0.249. The molecule has 1 aliphatic heterocycles. The van der Waals surface area contributed by atoms with Crippen LogP contribution in [0.3, 0.4) is 0 Å². The Bertz CT molecular complexity index is 1170. The minimum atomic E-state index is -2.04. The zero-order valence-corrected chi connectivity index (χ0v) is 27.1. The summed E-state index contributed by atoms with van der Waals surface area (Å²) >= 11 is 0. The van der Waals surface area contributed by atoms with E-state index in [1.807, 2.05) is 41.5 Å². The highest BCUT2D eigenvalue weighted by atomic mass is 16.6. The lowest BCUT2D eigenvalue weighted by atomic mass is 9.71. The van der Waals surface area contributed by atoms with E-state index in [0.29, 0.717) is 35.5 Å². The summed E-state index contributed by atoms with van der Waals surface area (Å²) in [5.41, 5.74) is 0.904. The van der Waals surface area contributed by atoms with Crippen LogP contribution in [-0.2, 0) is 30.3 Å². The summed E-state index contributed by atoms with van der Waals surface area (Å²) in [5.74, 6) is -5.97. The van der Waals surface area contributed by atoms with Crippen molar-refractivity contribution in [2.75, 3.05) is 0 Å². The smallest absolute Gasteiger partial charge is 0.306 e. The lowest BCUT2D eigenvalue weighted by Crippen LogP contribution is -2.63. The molecule has 0 amide bonds. The number of Topliss-reactive ketones (excluding diaryl/α,β-unsaturated/α-hetero) is 2. The van der Waals surface area contributed by atoms with Gasteiger partial charge in [-0.3, -0.25) is 19.2 Å². The van der Waals surface area contributed by atoms with Gasteiger partial charge in [-0.2, -0.15) is 0 Å². The highest BCUT2D eigenvalue weighted by molar-refractivity contribution is 6.04. The van der Waals surface area contributed by atoms with Gasteiger partial charge in [0, 0.05) is 47.6 Å². The van der Waals surface area contributed by atoms with E-state index < -0.39 is 59.3 Å². The summed E-state index contributed by atoms with van der Waals surface area (Å²) in [6.45, 7) is 21.5. The first-order valence-electron chi connectivity index (χ1n) is 15.2. The van der Waals surface area contributed by atoms with Gasteiger partial charge in [0.15, 0.2) is 17.0 Å². The van der Waals surface area contributed by atoms with Crippen LogP contribution in [0.5, 0.6) is 0 Å². The van der Waals surface area contributed by atoms with E-state index in [1.54, 1.807) is 41.5 Å². The van der Waals surface area contributed by atoms with Crippen LogP contribution in [0.4, 0.5) is 0 Å². The summed E-state index contributed by atoms with van der Waals surface area (Å²) in [4.78, 5) is 52.5. The van der Waals surface area contributed by atoms with Gasteiger partial charge < -0.3 is 19.0 Å². The van der Waals surface area contributed by atoms with E-state index in [0.717, 1.165) is 0 Å². The molecule has 9 atom stereocenters. The number of rotatable bonds is 12. The number of carbonyl (C=O) groups is 3. The zero-order valence-electron chi connectivity index (χ0n) is 27.1. The number of aliphatic hydroxyl groups is 1. The van der Waals surface area contributed by atoms with Crippen LogP contribution in [-0.4, -0.2) is 40.6 Å². The fraction of sp³-hybridized carbons (Fsp3) is 0.758. The standard InChI is InChI=1S/C33H52O8/c1-13-17(5)27(35)19(7)29(37)23(11)33(38)24(12)32(40-26(34)15-16(3)4)22(10)31(41-33)21(9)30-20(8)28(36)18(6)25(14-2)39-30/h16-17,19,21-24,31-32,38H,13-15H2,1-12H3/t17-,19+,21+,22-,23+,24+,31+,32+,33-/m0/s1. The molecule has 2 rings (SSSR count). The molecule has 0 spiro atoms. The van der Waals surface area contributed by atoms with Gasteiger partial charge in [0.05, 0.1) is 17.9 Å². The topological polar surface area (TPSA) is 120 Å². The average molecular weight is 577 g/mol. The summed E-state index contributed by atoms with van der Waals surface area (Å²) < 4.78 is 18.7. The number of hydrogen-bond acceptors (Lipinski definition) is 8. The van der Waals surface area contributed by atoms with Gasteiger partial charge in [-0.15, -0.1) is 0 Å². The Labute approximate surface area is 245 Å². The third-order valence-electron chi connectivity index (χ3n) is 9.28. The van der Waals surface area contributed by atoms with Gasteiger partial charge in [-0.05, 0) is 33.1 Å². The molecule has 41 heavy (non-hydrogen) atoms. The number of hydrogen-bond donors (Lipinski definition) is 1. The van der Waals surface area contributed by atoms with E-state index >= 15 is 0 Å². The van der Waals surface area contributed by atoms with Crippen molar-refractivity contribution in [3.8, 4) is 0 Å². The summed E-state index contributed by atoms with van der Waals surface area (Å²) in [6, 6.07) is 0. The van der Waals surface area contributed by atoms with Crippen molar-refractivity contribution >= 4 is 17.5 Å². The fourth-order valence-corrected chi connectivity index (χ4v) is 6.18. The number of esters is 1. The highest BCUT2D eigenvalue weighted by Gasteiger charge is 2.58. The van der Waals surface area contributed by atoms with Crippen LogP contribution >= 0.6 is 0 Å².